The van der Waals surface area contributed by atoms with Gasteiger partial charge in [-0.25, -0.2) is 4.68 Å². The molecule has 0 aliphatic rings. The molecule has 0 saturated heterocycles. The molecule has 0 spiro atoms. The largest absolute Gasteiger partial charge is 0.394 e. The lowest BCUT2D eigenvalue weighted by Gasteiger charge is -2.04. The van der Waals surface area contributed by atoms with Gasteiger partial charge < -0.3 is 16.8 Å². The van der Waals surface area contributed by atoms with Crippen LogP contribution < -0.4 is 16.8 Å². The zero-order valence-electron chi connectivity index (χ0n) is 11.5. The molecule has 0 unspecified atom stereocenters. The summed E-state index contributed by atoms with van der Waals surface area (Å²) in [6.07, 6.45) is 0. The van der Waals surface area contributed by atoms with Crippen molar-refractivity contribution >= 4 is 17.2 Å². The number of rotatable bonds is 4. The van der Waals surface area contributed by atoms with Crippen LogP contribution >= 0.6 is 0 Å². The van der Waals surface area contributed by atoms with Crippen molar-refractivity contribution in [1.29, 1.82) is 0 Å². The van der Waals surface area contributed by atoms with E-state index in [0.29, 0.717) is 18.1 Å². The molecule has 0 atom stereocenters. The van der Waals surface area contributed by atoms with Crippen molar-refractivity contribution in [1.82, 2.24) is 9.78 Å². The minimum absolute atomic E-state index is 0.464. The number of anilines is 3. The van der Waals surface area contributed by atoms with Gasteiger partial charge in [0.25, 0.3) is 0 Å². The zero-order chi connectivity index (χ0) is 14.7. The van der Waals surface area contributed by atoms with Crippen LogP contribution in [0.1, 0.15) is 5.69 Å². The molecule has 0 aliphatic heterocycles. The van der Waals surface area contributed by atoms with Crippen molar-refractivity contribution in [3.8, 4) is 5.69 Å². The molecule has 0 fully saturated rings. The van der Waals surface area contributed by atoms with Gasteiger partial charge in [0.15, 0.2) is 5.82 Å². The Bertz CT molecular complexity index is 719. The van der Waals surface area contributed by atoms with Crippen LogP contribution in [0.3, 0.4) is 0 Å². The van der Waals surface area contributed by atoms with E-state index in [0.717, 1.165) is 17.1 Å². The summed E-state index contributed by atoms with van der Waals surface area (Å²) in [6.45, 7) is 0.528. The number of aromatic nitrogens is 2. The van der Waals surface area contributed by atoms with Gasteiger partial charge in [-0.15, -0.1) is 0 Å². The Morgan fingerprint density at radius 1 is 0.905 bits per heavy atom. The minimum Gasteiger partial charge on any atom is -0.394 e. The second-order valence-corrected chi connectivity index (χ2v) is 4.71. The fourth-order valence-corrected chi connectivity index (χ4v) is 2.13. The topological polar surface area (TPSA) is 81.9 Å². The minimum atomic E-state index is 0.464. The maximum atomic E-state index is 6.06. The Morgan fingerprint density at radius 3 is 2.19 bits per heavy atom. The summed E-state index contributed by atoms with van der Waals surface area (Å²) in [6, 6.07) is 19.6. The average molecular weight is 279 g/mol. The van der Waals surface area contributed by atoms with Crippen LogP contribution in [-0.2, 0) is 6.54 Å². The van der Waals surface area contributed by atoms with Crippen molar-refractivity contribution in [2.45, 2.75) is 6.54 Å². The molecule has 3 rings (SSSR count). The molecule has 0 radical (unpaired) electrons. The molecule has 1 heterocycles. The molecule has 0 bridgehead atoms. The van der Waals surface area contributed by atoms with Crippen LogP contribution in [0, 0.1) is 0 Å². The molecule has 21 heavy (non-hydrogen) atoms. The number of para-hydroxylation sites is 2. The van der Waals surface area contributed by atoms with Crippen molar-refractivity contribution < 1.29 is 0 Å². The molecule has 5 heteroatoms. The van der Waals surface area contributed by atoms with Crippen molar-refractivity contribution in [2.75, 3.05) is 16.8 Å². The molecule has 3 aromatic rings. The van der Waals surface area contributed by atoms with Gasteiger partial charge in [0.05, 0.1) is 17.9 Å². The van der Waals surface area contributed by atoms with E-state index in [1.165, 1.54) is 0 Å². The molecule has 1 aromatic heterocycles. The number of nitrogens with zero attached hydrogens (tertiary/aromatic N) is 2. The summed E-state index contributed by atoms with van der Waals surface area (Å²) in [5, 5.41) is 7.78. The lowest BCUT2D eigenvalue weighted by Crippen LogP contribution is -2.03. The van der Waals surface area contributed by atoms with E-state index in [9.17, 15) is 0 Å². The van der Waals surface area contributed by atoms with E-state index in [4.69, 9.17) is 11.5 Å². The monoisotopic (exact) mass is 279 g/mol. The highest BCUT2D eigenvalue weighted by atomic mass is 15.3. The molecule has 5 nitrogen and oxygen atoms in total. The third-order valence-corrected chi connectivity index (χ3v) is 3.27. The van der Waals surface area contributed by atoms with Gasteiger partial charge in [-0.3, -0.25) is 0 Å². The first kappa shape index (κ1) is 13.1. The SMILES string of the molecule is Nc1c(CNc2ccccc2)nn(-c2ccccc2)c1N. The Morgan fingerprint density at radius 2 is 1.52 bits per heavy atom. The second-order valence-electron chi connectivity index (χ2n) is 4.71. The highest BCUT2D eigenvalue weighted by Crippen LogP contribution is 2.24. The maximum absolute atomic E-state index is 6.06. The Kier molecular flexibility index (Phi) is 3.47. The predicted octanol–water partition coefficient (Wildman–Crippen LogP) is 2.65. The molecule has 2 aromatic carbocycles. The first-order valence-electron chi connectivity index (χ1n) is 6.73. The smallest absolute Gasteiger partial charge is 0.150 e. The quantitative estimate of drug-likeness (QED) is 0.685. The number of nitrogens with one attached hydrogen (secondary N) is 1. The fraction of sp³-hybridized carbons (Fsp3) is 0.0625. The van der Waals surface area contributed by atoms with Gasteiger partial charge in [-0.1, -0.05) is 36.4 Å². The van der Waals surface area contributed by atoms with Gasteiger partial charge in [0, 0.05) is 5.69 Å². The van der Waals surface area contributed by atoms with Gasteiger partial charge >= 0.3 is 0 Å². The van der Waals surface area contributed by atoms with Crippen molar-refractivity contribution in [3.63, 3.8) is 0 Å². The zero-order valence-corrected chi connectivity index (χ0v) is 11.5. The molecular formula is C16H17N5. The van der Waals surface area contributed by atoms with Crippen molar-refractivity contribution in [2.24, 2.45) is 0 Å². The summed E-state index contributed by atoms with van der Waals surface area (Å²) < 4.78 is 1.66. The first-order valence-corrected chi connectivity index (χ1v) is 6.73. The number of nitrogen functional groups attached to an aromatic ring is 2. The highest BCUT2D eigenvalue weighted by molar-refractivity contribution is 5.65. The van der Waals surface area contributed by atoms with E-state index in [1.807, 2.05) is 60.7 Å². The van der Waals surface area contributed by atoms with E-state index >= 15 is 0 Å². The average Bonchev–Trinajstić information content (AvgIpc) is 2.83. The summed E-state index contributed by atoms with van der Waals surface area (Å²) in [5.41, 5.74) is 15.3. The lowest BCUT2D eigenvalue weighted by molar-refractivity contribution is 0.852. The van der Waals surface area contributed by atoms with Gasteiger partial charge in [0.2, 0.25) is 0 Å². The van der Waals surface area contributed by atoms with Crippen LogP contribution in [0.25, 0.3) is 5.69 Å². The fourth-order valence-electron chi connectivity index (χ4n) is 2.13. The Labute approximate surface area is 123 Å². The van der Waals surface area contributed by atoms with E-state index in [1.54, 1.807) is 4.68 Å². The van der Waals surface area contributed by atoms with E-state index in [2.05, 4.69) is 10.4 Å². The van der Waals surface area contributed by atoms with E-state index in [-0.39, 0.29) is 0 Å². The molecule has 5 N–H and O–H groups in total. The molecule has 0 aliphatic carbocycles. The summed E-state index contributed by atoms with van der Waals surface area (Å²) in [7, 11) is 0. The summed E-state index contributed by atoms with van der Waals surface area (Å²) in [4.78, 5) is 0. The number of hydrogen-bond donors (Lipinski definition) is 3. The van der Waals surface area contributed by atoms with E-state index < -0.39 is 0 Å². The van der Waals surface area contributed by atoms with Crippen LogP contribution in [-0.4, -0.2) is 9.78 Å². The predicted molar refractivity (Wildman–Crippen MR) is 86.2 cm³/mol. The number of nitrogens with two attached hydrogens (primary N) is 2. The molecule has 0 saturated carbocycles. The third-order valence-electron chi connectivity index (χ3n) is 3.27. The van der Waals surface area contributed by atoms with Gasteiger partial charge in [-0.2, -0.15) is 5.10 Å². The van der Waals surface area contributed by atoms with Gasteiger partial charge in [0.1, 0.15) is 5.69 Å². The molecule has 106 valence electrons. The Hall–Kier alpha value is -2.95. The maximum Gasteiger partial charge on any atom is 0.150 e. The van der Waals surface area contributed by atoms with Crippen LogP contribution in [0.2, 0.25) is 0 Å². The summed E-state index contributed by atoms with van der Waals surface area (Å²) in [5.74, 6) is 0.464. The van der Waals surface area contributed by atoms with Crippen molar-refractivity contribution in [3.05, 3.63) is 66.4 Å². The highest BCUT2D eigenvalue weighted by Gasteiger charge is 2.13. The number of hydrogen-bond acceptors (Lipinski definition) is 4. The van der Waals surface area contributed by atoms with Gasteiger partial charge in [-0.05, 0) is 24.3 Å². The molecular weight excluding hydrogens is 262 g/mol. The summed E-state index contributed by atoms with van der Waals surface area (Å²) >= 11 is 0. The third kappa shape index (κ3) is 2.67. The first-order chi connectivity index (χ1) is 10.3. The normalized spacial score (nSPS) is 10.5. The standard InChI is InChI=1S/C16H17N5/c17-15-14(11-19-12-7-3-1-4-8-12)20-21(16(15)18)13-9-5-2-6-10-13/h1-10,19H,11,17-18H2. The van der Waals surface area contributed by atoms with Crippen LogP contribution in [0.15, 0.2) is 60.7 Å². The molecule has 0 amide bonds. The second kappa shape index (κ2) is 5.58. The van der Waals surface area contributed by atoms with Crippen LogP contribution in [0.5, 0.6) is 0 Å². The number of benzene rings is 2. The van der Waals surface area contributed by atoms with Crippen LogP contribution in [0.4, 0.5) is 17.2 Å². The Balaban J connectivity index is 1.84. The lowest BCUT2D eigenvalue weighted by atomic mass is 10.3.